The van der Waals surface area contributed by atoms with Crippen molar-refractivity contribution in [2.45, 2.75) is 33.2 Å². The molecule has 0 N–H and O–H groups in total. The molecule has 0 spiro atoms. The Kier molecular flexibility index (Phi) is 3.61. The van der Waals surface area contributed by atoms with E-state index in [0.29, 0.717) is 5.28 Å². The maximum Gasteiger partial charge on any atom is 0.225 e. The van der Waals surface area contributed by atoms with Gasteiger partial charge in [0.05, 0.1) is 6.54 Å². The van der Waals surface area contributed by atoms with Crippen LogP contribution in [-0.4, -0.2) is 14.8 Å². The van der Waals surface area contributed by atoms with Crippen molar-refractivity contribution in [2.24, 2.45) is 0 Å². The second kappa shape index (κ2) is 4.97. The Morgan fingerprint density at radius 2 is 2.19 bits per heavy atom. The second-order valence-corrected chi connectivity index (χ2v) is 5.44. The number of nitrogens with zero attached hydrogens (tertiary/aromatic N) is 3. The van der Waals surface area contributed by atoms with E-state index >= 15 is 0 Å². The second-order valence-electron chi connectivity index (χ2n) is 3.73. The Hall–Kier alpha value is -0.870. The van der Waals surface area contributed by atoms with Crippen molar-refractivity contribution < 1.29 is 0 Å². The minimum atomic E-state index is 0.481. The zero-order valence-corrected chi connectivity index (χ0v) is 11.0. The molecule has 5 heteroatoms. The van der Waals surface area contributed by atoms with Crippen molar-refractivity contribution in [3.63, 3.8) is 0 Å². The lowest BCUT2D eigenvalue weighted by Crippen LogP contribution is -2.04. The van der Waals surface area contributed by atoms with Crippen LogP contribution in [0.3, 0.4) is 0 Å². The summed E-state index contributed by atoms with van der Waals surface area (Å²) in [5.41, 5.74) is 0. The van der Waals surface area contributed by atoms with Gasteiger partial charge in [0.15, 0.2) is 0 Å². The van der Waals surface area contributed by atoms with Crippen LogP contribution in [0.2, 0.25) is 5.28 Å². The van der Waals surface area contributed by atoms with Crippen molar-refractivity contribution >= 4 is 22.9 Å². The third kappa shape index (κ3) is 2.44. The smallest absolute Gasteiger partial charge is 0.225 e. The van der Waals surface area contributed by atoms with E-state index in [4.69, 9.17) is 11.6 Å². The number of hydrogen-bond donors (Lipinski definition) is 0. The van der Waals surface area contributed by atoms with Crippen molar-refractivity contribution in [1.82, 2.24) is 14.8 Å². The first-order valence-electron chi connectivity index (χ1n) is 5.33. The molecule has 0 saturated carbocycles. The molecule has 2 aromatic rings. The van der Waals surface area contributed by atoms with Crippen LogP contribution in [0.1, 0.15) is 28.9 Å². The highest BCUT2D eigenvalue weighted by atomic mass is 35.5. The quantitative estimate of drug-likeness (QED) is 0.839. The van der Waals surface area contributed by atoms with Crippen LogP contribution in [0.15, 0.2) is 12.1 Å². The Morgan fingerprint density at radius 3 is 2.81 bits per heavy atom. The lowest BCUT2D eigenvalue weighted by Gasteiger charge is -2.04. The third-order valence-electron chi connectivity index (χ3n) is 2.37. The molecule has 0 bridgehead atoms. The van der Waals surface area contributed by atoms with E-state index < -0.39 is 0 Å². The molecule has 2 rings (SSSR count). The largest absolute Gasteiger partial charge is 0.296 e. The van der Waals surface area contributed by atoms with Gasteiger partial charge in [0.25, 0.3) is 0 Å². The summed E-state index contributed by atoms with van der Waals surface area (Å²) in [7, 11) is 0. The summed E-state index contributed by atoms with van der Waals surface area (Å²) in [4.78, 5) is 2.60. The number of hydrogen-bond acceptors (Lipinski definition) is 3. The van der Waals surface area contributed by atoms with Gasteiger partial charge in [-0.1, -0.05) is 6.92 Å². The van der Waals surface area contributed by atoms with Gasteiger partial charge in [0.1, 0.15) is 5.82 Å². The molecule has 0 aromatic carbocycles. The maximum atomic E-state index is 6.03. The zero-order valence-electron chi connectivity index (χ0n) is 9.40. The van der Waals surface area contributed by atoms with Crippen LogP contribution in [-0.2, 0) is 13.0 Å². The van der Waals surface area contributed by atoms with Gasteiger partial charge >= 0.3 is 0 Å². The number of aromatic nitrogens is 3. The molecule has 0 aliphatic rings. The highest BCUT2D eigenvalue weighted by molar-refractivity contribution is 7.11. The summed E-state index contributed by atoms with van der Waals surface area (Å²) in [6, 6.07) is 4.25. The van der Waals surface area contributed by atoms with Gasteiger partial charge in [-0.25, -0.2) is 0 Å². The molecule has 0 saturated heterocycles. The molecule has 0 radical (unpaired) electrons. The van der Waals surface area contributed by atoms with Crippen molar-refractivity contribution in [3.8, 4) is 0 Å². The molecule has 16 heavy (non-hydrogen) atoms. The van der Waals surface area contributed by atoms with Crippen LogP contribution < -0.4 is 0 Å². The lowest BCUT2D eigenvalue weighted by atomic mass is 10.3. The predicted octanol–water partition coefficient (Wildman–Crippen LogP) is 3.30. The zero-order chi connectivity index (χ0) is 11.5. The summed E-state index contributed by atoms with van der Waals surface area (Å²) < 4.78 is 1.98. The van der Waals surface area contributed by atoms with Crippen molar-refractivity contribution in [3.05, 3.63) is 33.0 Å². The molecule has 0 fully saturated rings. The van der Waals surface area contributed by atoms with Gasteiger partial charge in [-0.05, 0) is 37.1 Å². The summed E-state index contributed by atoms with van der Waals surface area (Å²) in [5, 5.41) is 8.50. The standard InChI is InChI=1S/C11H14ClN3S/c1-3-4-10-13-14-11(12)15(10)7-9-6-5-8(2)16-9/h5-6H,3-4,7H2,1-2H3. The van der Waals surface area contributed by atoms with E-state index in [0.717, 1.165) is 25.2 Å². The van der Waals surface area contributed by atoms with E-state index in [9.17, 15) is 0 Å². The van der Waals surface area contributed by atoms with E-state index in [1.54, 1.807) is 11.3 Å². The van der Waals surface area contributed by atoms with Crippen LogP contribution in [0.4, 0.5) is 0 Å². The minimum Gasteiger partial charge on any atom is -0.296 e. The number of halogens is 1. The molecule has 0 aliphatic carbocycles. The van der Waals surface area contributed by atoms with Crippen LogP contribution in [0.25, 0.3) is 0 Å². The Morgan fingerprint density at radius 1 is 1.38 bits per heavy atom. The van der Waals surface area contributed by atoms with E-state index in [2.05, 4.69) is 36.2 Å². The van der Waals surface area contributed by atoms with Crippen molar-refractivity contribution in [1.29, 1.82) is 0 Å². The SMILES string of the molecule is CCCc1nnc(Cl)n1Cc1ccc(C)s1. The van der Waals surface area contributed by atoms with Gasteiger partial charge in [0, 0.05) is 16.2 Å². The highest BCUT2D eigenvalue weighted by Gasteiger charge is 2.10. The van der Waals surface area contributed by atoms with Gasteiger partial charge in [-0.15, -0.1) is 21.5 Å². The topological polar surface area (TPSA) is 30.7 Å². The molecule has 3 nitrogen and oxygen atoms in total. The molecule has 0 atom stereocenters. The van der Waals surface area contributed by atoms with Crippen LogP contribution in [0, 0.1) is 6.92 Å². The van der Waals surface area contributed by atoms with Gasteiger partial charge in [0.2, 0.25) is 5.28 Å². The van der Waals surface area contributed by atoms with Gasteiger partial charge in [-0.3, -0.25) is 4.57 Å². The summed E-state index contributed by atoms with van der Waals surface area (Å²) >= 11 is 7.82. The highest BCUT2D eigenvalue weighted by Crippen LogP contribution is 2.19. The fourth-order valence-corrected chi connectivity index (χ4v) is 2.68. The predicted molar refractivity (Wildman–Crippen MR) is 67.2 cm³/mol. The summed E-state index contributed by atoms with van der Waals surface area (Å²) in [5.74, 6) is 0.971. The summed E-state index contributed by atoms with van der Waals surface area (Å²) in [6.45, 7) is 5.01. The Bertz CT molecular complexity index is 475. The lowest BCUT2D eigenvalue weighted by molar-refractivity contribution is 0.711. The van der Waals surface area contributed by atoms with Gasteiger partial charge in [-0.2, -0.15) is 0 Å². The fourth-order valence-electron chi connectivity index (χ4n) is 1.60. The van der Waals surface area contributed by atoms with E-state index in [-0.39, 0.29) is 0 Å². The average molecular weight is 256 g/mol. The summed E-state index contributed by atoms with van der Waals surface area (Å²) in [6.07, 6.45) is 1.97. The average Bonchev–Trinajstić information content (AvgIpc) is 2.79. The number of thiophene rings is 1. The first-order chi connectivity index (χ1) is 7.70. The molecular formula is C11H14ClN3S. The van der Waals surface area contributed by atoms with Crippen LogP contribution in [0.5, 0.6) is 0 Å². The molecule has 2 heterocycles. The Balaban J connectivity index is 2.22. The van der Waals surface area contributed by atoms with E-state index in [1.165, 1.54) is 9.75 Å². The monoisotopic (exact) mass is 255 g/mol. The number of rotatable bonds is 4. The third-order valence-corrected chi connectivity index (χ3v) is 3.63. The molecule has 0 amide bonds. The van der Waals surface area contributed by atoms with Crippen molar-refractivity contribution in [2.75, 3.05) is 0 Å². The Labute approximate surface area is 104 Å². The first kappa shape index (κ1) is 11.6. The molecule has 2 aromatic heterocycles. The van der Waals surface area contributed by atoms with Crippen LogP contribution >= 0.6 is 22.9 Å². The molecule has 0 aliphatic heterocycles. The molecule has 0 unspecified atom stereocenters. The minimum absolute atomic E-state index is 0.481. The maximum absolute atomic E-state index is 6.03. The molecule has 86 valence electrons. The number of aryl methyl sites for hydroxylation is 2. The normalized spacial score (nSPS) is 10.9. The van der Waals surface area contributed by atoms with E-state index in [1.807, 2.05) is 4.57 Å². The van der Waals surface area contributed by atoms with Gasteiger partial charge < -0.3 is 0 Å². The molecular weight excluding hydrogens is 242 g/mol. The fraction of sp³-hybridized carbons (Fsp3) is 0.455. The first-order valence-corrected chi connectivity index (χ1v) is 6.53.